The van der Waals surface area contributed by atoms with E-state index < -0.39 is 0 Å². The van der Waals surface area contributed by atoms with Crippen molar-refractivity contribution in [3.8, 4) is 0 Å². The van der Waals surface area contributed by atoms with E-state index in [-0.39, 0.29) is 0 Å². The number of aryl methyl sites for hydroxylation is 1. The zero-order valence-electron chi connectivity index (χ0n) is 11.5. The van der Waals surface area contributed by atoms with Gasteiger partial charge in [0.1, 0.15) is 0 Å². The molecule has 1 aromatic rings. The Bertz CT molecular complexity index is 358. The van der Waals surface area contributed by atoms with E-state index in [2.05, 4.69) is 37.4 Å². The molecule has 0 aliphatic heterocycles. The molecule has 4 unspecified atom stereocenters. The molecule has 3 heteroatoms. The average molecular weight is 235 g/mol. The summed E-state index contributed by atoms with van der Waals surface area (Å²) in [4.78, 5) is 4.51. The van der Waals surface area contributed by atoms with Crippen LogP contribution >= 0.6 is 0 Å². The van der Waals surface area contributed by atoms with Gasteiger partial charge in [-0.3, -0.25) is 0 Å². The van der Waals surface area contributed by atoms with Crippen molar-refractivity contribution in [2.24, 2.45) is 24.8 Å². The Hall–Kier alpha value is -0.830. The molecule has 1 aliphatic rings. The van der Waals surface area contributed by atoms with E-state index in [0.717, 1.165) is 17.8 Å². The van der Waals surface area contributed by atoms with Crippen molar-refractivity contribution in [2.75, 3.05) is 7.05 Å². The van der Waals surface area contributed by atoms with Crippen LogP contribution < -0.4 is 5.32 Å². The van der Waals surface area contributed by atoms with E-state index in [1.807, 2.05) is 17.9 Å². The normalized spacial score (nSPS) is 31.4. The molecule has 0 saturated heterocycles. The number of hydrogen-bond donors (Lipinski definition) is 1. The van der Waals surface area contributed by atoms with Gasteiger partial charge >= 0.3 is 0 Å². The van der Waals surface area contributed by atoms with Gasteiger partial charge in [-0.2, -0.15) is 0 Å². The zero-order valence-corrected chi connectivity index (χ0v) is 11.5. The molecular formula is C14H25N3. The third-order valence-electron chi connectivity index (χ3n) is 4.46. The van der Waals surface area contributed by atoms with Crippen molar-refractivity contribution < 1.29 is 0 Å². The van der Waals surface area contributed by atoms with Gasteiger partial charge in [-0.25, -0.2) is 4.98 Å². The quantitative estimate of drug-likeness (QED) is 0.873. The zero-order chi connectivity index (χ0) is 12.4. The second kappa shape index (κ2) is 5.21. The summed E-state index contributed by atoms with van der Waals surface area (Å²) >= 11 is 0. The van der Waals surface area contributed by atoms with Gasteiger partial charge in [0.25, 0.3) is 0 Å². The van der Waals surface area contributed by atoms with E-state index in [9.17, 15) is 0 Å². The molecule has 0 aromatic carbocycles. The van der Waals surface area contributed by atoms with Crippen LogP contribution in [0.2, 0.25) is 0 Å². The van der Waals surface area contributed by atoms with Gasteiger partial charge in [0.2, 0.25) is 0 Å². The lowest BCUT2D eigenvalue weighted by Crippen LogP contribution is -2.31. The van der Waals surface area contributed by atoms with E-state index >= 15 is 0 Å². The average Bonchev–Trinajstić information content (AvgIpc) is 2.71. The molecule has 1 saturated carbocycles. The van der Waals surface area contributed by atoms with Crippen molar-refractivity contribution >= 4 is 0 Å². The van der Waals surface area contributed by atoms with E-state index in [4.69, 9.17) is 0 Å². The van der Waals surface area contributed by atoms with Crippen molar-refractivity contribution in [2.45, 2.75) is 39.2 Å². The largest absolute Gasteiger partial charge is 0.340 e. The van der Waals surface area contributed by atoms with Gasteiger partial charge < -0.3 is 9.88 Å². The van der Waals surface area contributed by atoms with Gasteiger partial charge in [-0.1, -0.05) is 20.3 Å². The molecule has 0 radical (unpaired) electrons. The highest BCUT2D eigenvalue weighted by atomic mass is 15.0. The summed E-state index contributed by atoms with van der Waals surface area (Å²) in [7, 11) is 4.09. The Morgan fingerprint density at radius 3 is 2.65 bits per heavy atom. The highest BCUT2D eigenvalue weighted by Gasteiger charge is 2.31. The molecule has 3 nitrogen and oxygen atoms in total. The number of imidazole rings is 1. The van der Waals surface area contributed by atoms with E-state index in [1.54, 1.807) is 0 Å². The van der Waals surface area contributed by atoms with Crippen LogP contribution in [0.5, 0.6) is 0 Å². The SMILES string of the molecule is CNC(c1cn(C)cn1)C1CCC(C)C(C)C1. The highest BCUT2D eigenvalue weighted by molar-refractivity contribution is 5.06. The van der Waals surface area contributed by atoms with Crippen LogP contribution in [0.3, 0.4) is 0 Å². The van der Waals surface area contributed by atoms with E-state index in [1.165, 1.54) is 25.0 Å². The second-order valence-electron chi connectivity index (χ2n) is 5.76. The predicted molar refractivity (Wildman–Crippen MR) is 70.7 cm³/mol. The van der Waals surface area contributed by atoms with Crippen LogP contribution in [0.25, 0.3) is 0 Å². The molecule has 1 aliphatic carbocycles. The van der Waals surface area contributed by atoms with Crippen LogP contribution in [0, 0.1) is 17.8 Å². The molecule has 17 heavy (non-hydrogen) atoms. The molecule has 1 fully saturated rings. The number of rotatable bonds is 3. The summed E-state index contributed by atoms with van der Waals surface area (Å²) in [6.07, 6.45) is 8.05. The minimum atomic E-state index is 0.422. The molecule has 1 N–H and O–H groups in total. The Morgan fingerprint density at radius 1 is 1.35 bits per heavy atom. The minimum Gasteiger partial charge on any atom is -0.340 e. The third-order valence-corrected chi connectivity index (χ3v) is 4.46. The van der Waals surface area contributed by atoms with Gasteiger partial charge in [-0.05, 0) is 37.6 Å². The first-order chi connectivity index (χ1) is 8.11. The third kappa shape index (κ3) is 2.71. The highest BCUT2D eigenvalue weighted by Crippen LogP contribution is 2.39. The number of nitrogens with zero attached hydrogens (tertiary/aromatic N) is 2. The Morgan fingerprint density at radius 2 is 2.12 bits per heavy atom. The first-order valence-corrected chi connectivity index (χ1v) is 6.77. The lowest BCUT2D eigenvalue weighted by molar-refractivity contribution is 0.173. The van der Waals surface area contributed by atoms with Crippen LogP contribution in [-0.2, 0) is 7.05 Å². The molecular weight excluding hydrogens is 210 g/mol. The predicted octanol–water partition coefficient (Wildman–Crippen LogP) is 2.75. The standard InChI is InChI=1S/C14H25N3/c1-10-5-6-12(7-11(10)2)14(15-3)13-8-17(4)9-16-13/h8-12,14-15H,5-7H2,1-4H3. The summed E-state index contributed by atoms with van der Waals surface area (Å²) in [5.74, 6) is 2.46. The topological polar surface area (TPSA) is 29.9 Å². The summed E-state index contributed by atoms with van der Waals surface area (Å²) in [6, 6.07) is 0.422. The fourth-order valence-corrected chi connectivity index (χ4v) is 3.11. The minimum absolute atomic E-state index is 0.422. The van der Waals surface area contributed by atoms with Crippen LogP contribution in [0.15, 0.2) is 12.5 Å². The van der Waals surface area contributed by atoms with Crippen LogP contribution in [0.1, 0.15) is 44.8 Å². The fraction of sp³-hybridized carbons (Fsp3) is 0.786. The lowest BCUT2D eigenvalue weighted by atomic mass is 9.73. The second-order valence-corrected chi connectivity index (χ2v) is 5.76. The molecule has 0 amide bonds. The Labute approximate surface area is 105 Å². The number of aromatic nitrogens is 2. The molecule has 4 atom stereocenters. The smallest absolute Gasteiger partial charge is 0.0947 e. The first-order valence-electron chi connectivity index (χ1n) is 6.77. The van der Waals surface area contributed by atoms with Crippen LogP contribution in [0.4, 0.5) is 0 Å². The fourth-order valence-electron chi connectivity index (χ4n) is 3.11. The molecule has 1 heterocycles. The monoisotopic (exact) mass is 235 g/mol. The van der Waals surface area contributed by atoms with Crippen molar-refractivity contribution in [1.29, 1.82) is 0 Å². The molecule has 0 bridgehead atoms. The van der Waals surface area contributed by atoms with Gasteiger partial charge in [0, 0.05) is 13.2 Å². The van der Waals surface area contributed by atoms with Crippen molar-refractivity contribution in [3.63, 3.8) is 0 Å². The summed E-state index contributed by atoms with van der Waals surface area (Å²) in [5.41, 5.74) is 1.20. The van der Waals surface area contributed by atoms with Crippen molar-refractivity contribution in [3.05, 3.63) is 18.2 Å². The Balaban J connectivity index is 2.08. The maximum absolute atomic E-state index is 4.51. The Kier molecular flexibility index (Phi) is 3.87. The summed E-state index contributed by atoms with van der Waals surface area (Å²) in [6.45, 7) is 4.78. The molecule has 2 rings (SSSR count). The lowest BCUT2D eigenvalue weighted by Gasteiger charge is -2.36. The van der Waals surface area contributed by atoms with Gasteiger partial charge in [-0.15, -0.1) is 0 Å². The van der Waals surface area contributed by atoms with E-state index in [0.29, 0.717) is 6.04 Å². The number of hydrogen-bond acceptors (Lipinski definition) is 2. The maximum Gasteiger partial charge on any atom is 0.0947 e. The van der Waals surface area contributed by atoms with Crippen molar-refractivity contribution in [1.82, 2.24) is 14.9 Å². The summed E-state index contributed by atoms with van der Waals surface area (Å²) < 4.78 is 2.04. The number of nitrogens with one attached hydrogen (secondary N) is 1. The van der Waals surface area contributed by atoms with Crippen LogP contribution in [-0.4, -0.2) is 16.6 Å². The molecule has 96 valence electrons. The maximum atomic E-state index is 4.51. The molecule has 1 aromatic heterocycles. The van der Waals surface area contributed by atoms with Gasteiger partial charge in [0.15, 0.2) is 0 Å². The van der Waals surface area contributed by atoms with Gasteiger partial charge in [0.05, 0.1) is 18.1 Å². The first kappa shape index (κ1) is 12.6. The summed E-state index contributed by atoms with van der Waals surface area (Å²) in [5, 5.41) is 3.46. The molecule has 0 spiro atoms.